The number of piperidine rings is 1. The first kappa shape index (κ1) is 20.4. The third-order valence-corrected chi connectivity index (χ3v) is 5.43. The van der Waals surface area contributed by atoms with Crippen molar-refractivity contribution >= 4 is 23.2 Å². The quantitative estimate of drug-likeness (QED) is 0.577. The molecule has 1 amide bonds. The maximum absolute atomic E-state index is 12.4. The van der Waals surface area contributed by atoms with E-state index in [-0.39, 0.29) is 11.3 Å². The van der Waals surface area contributed by atoms with Crippen molar-refractivity contribution < 1.29 is 14.1 Å². The fourth-order valence-corrected chi connectivity index (χ4v) is 3.78. The fourth-order valence-electron chi connectivity index (χ4n) is 3.61. The summed E-state index contributed by atoms with van der Waals surface area (Å²) in [6.07, 6.45) is 1.93. The van der Waals surface area contributed by atoms with Crippen LogP contribution in [-0.2, 0) is 6.54 Å². The van der Waals surface area contributed by atoms with Crippen LogP contribution in [0.2, 0.25) is 5.02 Å². The van der Waals surface area contributed by atoms with Gasteiger partial charge in [0.25, 0.3) is 11.6 Å². The van der Waals surface area contributed by atoms with Crippen LogP contribution in [0.3, 0.4) is 0 Å². The molecule has 3 rings (SSSR count). The minimum Gasteiger partial charge on any atom is -0.466 e. The molecule has 2 aromatic rings. The molecule has 1 aliphatic heterocycles. The molecule has 1 aromatic heterocycles. The molecule has 2 heterocycles. The Morgan fingerprint density at radius 3 is 2.64 bits per heavy atom. The van der Waals surface area contributed by atoms with E-state index in [1.54, 1.807) is 0 Å². The molecule has 0 bridgehead atoms. The Hall–Kier alpha value is -2.38. The van der Waals surface area contributed by atoms with E-state index >= 15 is 0 Å². The summed E-state index contributed by atoms with van der Waals surface area (Å²) in [5, 5.41) is 14.3. The maximum Gasteiger partial charge on any atom is 0.282 e. The third-order valence-electron chi connectivity index (χ3n) is 5.20. The summed E-state index contributed by atoms with van der Waals surface area (Å²) in [4.78, 5) is 25.4. The molecule has 0 unspecified atom stereocenters. The summed E-state index contributed by atoms with van der Waals surface area (Å²) >= 11 is 5.89. The highest BCUT2D eigenvalue weighted by Gasteiger charge is 2.24. The van der Waals surface area contributed by atoms with Gasteiger partial charge in [-0.15, -0.1) is 0 Å². The standard InChI is InChI=1S/C20H24ClN3O4/c1-13-9-16(14(2)28-13)12-23-7-5-15(6-8-23)11-22-20(25)18-10-17(21)3-4-19(18)24(26)27/h3-4,9-10,15H,5-8,11-12H2,1-2H3,(H,22,25). The largest absolute Gasteiger partial charge is 0.466 e. The number of benzene rings is 1. The summed E-state index contributed by atoms with van der Waals surface area (Å²) in [5.74, 6) is 1.79. The minimum atomic E-state index is -0.566. The number of nitrogens with one attached hydrogen (secondary N) is 1. The van der Waals surface area contributed by atoms with Gasteiger partial charge in [0.15, 0.2) is 0 Å². The molecule has 150 valence electrons. The molecule has 1 N–H and O–H groups in total. The van der Waals surface area contributed by atoms with E-state index in [1.165, 1.54) is 23.8 Å². The molecule has 0 saturated carbocycles. The second-order valence-corrected chi connectivity index (χ2v) is 7.72. The van der Waals surface area contributed by atoms with E-state index in [0.717, 1.165) is 44.0 Å². The van der Waals surface area contributed by atoms with Crippen molar-refractivity contribution in [2.45, 2.75) is 33.2 Å². The van der Waals surface area contributed by atoms with Crippen LogP contribution in [0.15, 0.2) is 28.7 Å². The van der Waals surface area contributed by atoms with E-state index in [1.807, 2.05) is 13.8 Å². The van der Waals surface area contributed by atoms with Crippen molar-refractivity contribution in [2.75, 3.05) is 19.6 Å². The van der Waals surface area contributed by atoms with Crippen molar-refractivity contribution in [3.63, 3.8) is 0 Å². The molecular weight excluding hydrogens is 382 g/mol. The lowest BCUT2D eigenvalue weighted by Gasteiger charge is -2.31. The van der Waals surface area contributed by atoms with Crippen LogP contribution in [-0.4, -0.2) is 35.4 Å². The summed E-state index contributed by atoms with van der Waals surface area (Å²) in [7, 11) is 0. The average Bonchev–Trinajstić information content (AvgIpc) is 2.97. The Morgan fingerprint density at radius 1 is 1.32 bits per heavy atom. The molecule has 0 radical (unpaired) electrons. The predicted octanol–water partition coefficient (Wildman–Crippen LogP) is 4.10. The molecule has 0 atom stereocenters. The van der Waals surface area contributed by atoms with Gasteiger partial charge in [0, 0.05) is 29.7 Å². The summed E-state index contributed by atoms with van der Waals surface area (Å²) in [6.45, 7) is 7.20. The molecule has 1 fully saturated rings. The number of carbonyl (C=O) groups excluding carboxylic acids is 1. The second kappa shape index (κ2) is 8.75. The number of nitrogens with zero attached hydrogens (tertiary/aromatic N) is 2. The number of furan rings is 1. The first-order chi connectivity index (χ1) is 13.3. The van der Waals surface area contributed by atoms with E-state index in [9.17, 15) is 14.9 Å². The second-order valence-electron chi connectivity index (χ2n) is 7.29. The van der Waals surface area contributed by atoms with Crippen molar-refractivity contribution in [3.05, 3.63) is 62.0 Å². The van der Waals surface area contributed by atoms with Gasteiger partial charge in [-0.3, -0.25) is 19.8 Å². The summed E-state index contributed by atoms with van der Waals surface area (Å²) < 4.78 is 5.59. The number of halogens is 1. The Bertz CT molecular complexity index is 872. The zero-order valence-electron chi connectivity index (χ0n) is 16.0. The first-order valence-corrected chi connectivity index (χ1v) is 9.71. The van der Waals surface area contributed by atoms with Gasteiger partial charge in [-0.2, -0.15) is 0 Å². The molecule has 8 heteroatoms. The van der Waals surface area contributed by atoms with Gasteiger partial charge in [-0.05, 0) is 63.9 Å². The number of nitro benzene ring substituents is 1. The lowest BCUT2D eigenvalue weighted by atomic mass is 9.96. The van der Waals surface area contributed by atoms with Gasteiger partial charge < -0.3 is 9.73 Å². The van der Waals surface area contributed by atoms with Crippen LogP contribution in [0.5, 0.6) is 0 Å². The number of carbonyl (C=O) groups is 1. The van der Waals surface area contributed by atoms with Crippen LogP contribution >= 0.6 is 11.6 Å². The first-order valence-electron chi connectivity index (χ1n) is 9.34. The summed E-state index contributed by atoms with van der Waals surface area (Å²) in [5.41, 5.74) is 0.987. The van der Waals surface area contributed by atoms with Crippen molar-refractivity contribution in [1.82, 2.24) is 10.2 Å². The van der Waals surface area contributed by atoms with Crippen molar-refractivity contribution in [1.29, 1.82) is 0 Å². The lowest BCUT2D eigenvalue weighted by molar-refractivity contribution is -0.385. The van der Waals surface area contributed by atoms with Crippen LogP contribution in [0.1, 0.15) is 40.3 Å². The highest BCUT2D eigenvalue weighted by Crippen LogP contribution is 2.24. The van der Waals surface area contributed by atoms with Gasteiger partial charge >= 0.3 is 0 Å². The lowest BCUT2D eigenvalue weighted by Crippen LogP contribution is -2.38. The Labute approximate surface area is 168 Å². The van der Waals surface area contributed by atoms with E-state index in [2.05, 4.69) is 16.3 Å². The Kier molecular flexibility index (Phi) is 6.36. The highest BCUT2D eigenvalue weighted by molar-refractivity contribution is 6.31. The molecular formula is C20H24ClN3O4. The third kappa shape index (κ3) is 4.91. The van der Waals surface area contributed by atoms with Crippen LogP contribution in [0, 0.1) is 29.9 Å². The van der Waals surface area contributed by atoms with E-state index in [4.69, 9.17) is 16.0 Å². The predicted molar refractivity (Wildman–Crippen MR) is 107 cm³/mol. The van der Waals surface area contributed by atoms with Gasteiger partial charge in [0.1, 0.15) is 17.1 Å². The highest BCUT2D eigenvalue weighted by atomic mass is 35.5. The van der Waals surface area contributed by atoms with Crippen molar-refractivity contribution in [2.24, 2.45) is 5.92 Å². The van der Waals surface area contributed by atoms with Crippen LogP contribution < -0.4 is 5.32 Å². The number of hydrogen-bond acceptors (Lipinski definition) is 5. The van der Waals surface area contributed by atoms with Crippen LogP contribution in [0.25, 0.3) is 0 Å². The number of aryl methyl sites for hydroxylation is 2. The summed E-state index contributed by atoms with van der Waals surface area (Å²) in [6, 6.07) is 6.09. The van der Waals surface area contributed by atoms with Crippen LogP contribution in [0.4, 0.5) is 5.69 Å². The average molecular weight is 406 g/mol. The SMILES string of the molecule is Cc1cc(CN2CCC(CNC(=O)c3cc(Cl)ccc3[N+](=O)[O-])CC2)c(C)o1. The Balaban J connectivity index is 1.50. The topological polar surface area (TPSA) is 88.6 Å². The van der Waals surface area contributed by atoms with Gasteiger partial charge in [0.05, 0.1) is 4.92 Å². The molecule has 1 saturated heterocycles. The van der Waals surface area contributed by atoms with E-state index < -0.39 is 10.8 Å². The monoisotopic (exact) mass is 405 g/mol. The molecule has 0 spiro atoms. The van der Waals surface area contributed by atoms with Gasteiger partial charge in [-0.1, -0.05) is 11.6 Å². The van der Waals surface area contributed by atoms with E-state index in [0.29, 0.717) is 17.5 Å². The van der Waals surface area contributed by atoms with Gasteiger partial charge in [-0.25, -0.2) is 0 Å². The smallest absolute Gasteiger partial charge is 0.282 e. The molecule has 0 aliphatic carbocycles. The minimum absolute atomic E-state index is 0.000684. The molecule has 28 heavy (non-hydrogen) atoms. The zero-order chi connectivity index (χ0) is 20.3. The molecule has 1 aliphatic rings. The normalized spacial score (nSPS) is 15.5. The maximum atomic E-state index is 12.4. The van der Waals surface area contributed by atoms with Crippen molar-refractivity contribution in [3.8, 4) is 0 Å². The fraction of sp³-hybridized carbons (Fsp3) is 0.450. The Morgan fingerprint density at radius 2 is 2.04 bits per heavy atom. The molecule has 7 nitrogen and oxygen atoms in total. The molecule has 1 aromatic carbocycles. The van der Waals surface area contributed by atoms with Gasteiger partial charge in [0.2, 0.25) is 0 Å². The number of rotatable bonds is 6. The number of likely N-dealkylation sites (tertiary alicyclic amines) is 1. The number of amides is 1. The number of nitro groups is 1. The number of hydrogen-bond donors (Lipinski definition) is 1. The zero-order valence-corrected chi connectivity index (χ0v) is 16.8.